The van der Waals surface area contributed by atoms with E-state index >= 15 is 0 Å². The van der Waals surface area contributed by atoms with Gasteiger partial charge in [-0.05, 0) is 45.4 Å². The summed E-state index contributed by atoms with van der Waals surface area (Å²) in [5.74, 6) is 0.858. The highest BCUT2D eigenvalue weighted by atomic mass is 17.2. The van der Waals surface area contributed by atoms with Gasteiger partial charge in [-0.3, -0.25) is 0 Å². The maximum atomic E-state index is 5.93. The molecule has 0 unspecified atom stereocenters. The van der Waals surface area contributed by atoms with Crippen LogP contribution in [0.25, 0.3) is 0 Å². The van der Waals surface area contributed by atoms with Gasteiger partial charge in [-0.2, -0.15) is 0 Å². The minimum Gasteiger partial charge on any atom is -0.344 e. The van der Waals surface area contributed by atoms with Gasteiger partial charge >= 0.3 is 0 Å². The molecule has 1 aliphatic carbocycles. The van der Waals surface area contributed by atoms with E-state index in [4.69, 9.17) is 14.5 Å². The molecule has 2 saturated heterocycles. The van der Waals surface area contributed by atoms with Crippen molar-refractivity contribution in [2.24, 2.45) is 0 Å². The van der Waals surface area contributed by atoms with Crippen LogP contribution in [0.15, 0.2) is 0 Å². The van der Waals surface area contributed by atoms with Gasteiger partial charge < -0.3 is 9.64 Å². The second kappa shape index (κ2) is 5.32. The Balaban J connectivity index is 1.46. The van der Waals surface area contributed by atoms with Gasteiger partial charge in [-0.15, -0.1) is 0 Å². The lowest BCUT2D eigenvalue weighted by Gasteiger charge is -2.46. The molecule has 0 aromatic heterocycles. The number of ether oxygens (including phenoxy) is 1. The molecule has 0 aromatic carbocycles. The number of hydrogen-bond acceptors (Lipinski definition) is 4. The van der Waals surface area contributed by atoms with Gasteiger partial charge in [0.05, 0.1) is 6.61 Å². The van der Waals surface area contributed by atoms with Crippen LogP contribution in [0.3, 0.4) is 0 Å². The van der Waals surface area contributed by atoms with Gasteiger partial charge in [0.1, 0.15) is 5.60 Å². The summed E-state index contributed by atoms with van der Waals surface area (Å²) >= 11 is 0. The lowest BCUT2D eigenvalue weighted by atomic mass is 10.00. The molecular formula is C15H22NO3. The van der Waals surface area contributed by atoms with Crippen LogP contribution in [0.5, 0.6) is 0 Å². The predicted octanol–water partition coefficient (Wildman–Crippen LogP) is 1.94. The Morgan fingerprint density at radius 2 is 1.79 bits per heavy atom. The van der Waals surface area contributed by atoms with E-state index < -0.39 is 5.79 Å². The van der Waals surface area contributed by atoms with Crippen LogP contribution in [0.4, 0.5) is 0 Å². The fourth-order valence-electron chi connectivity index (χ4n) is 2.60. The van der Waals surface area contributed by atoms with Crippen molar-refractivity contribution in [3.05, 3.63) is 31.6 Å². The zero-order valence-electron chi connectivity index (χ0n) is 11.7. The number of likely N-dealkylation sites (tertiary alicyclic amines) is 1. The Morgan fingerprint density at radius 1 is 1.11 bits per heavy atom. The van der Waals surface area contributed by atoms with Crippen molar-refractivity contribution in [2.75, 3.05) is 26.2 Å². The summed E-state index contributed by atoms with van der Waals surface area (Å²) in [4.78, 5) is 13.5. The fraction of sp³-hybridized carbons (Fsp3) is 0.667. The van der Waals surface area contributed by atoms with E-state index in [0.717, 1.165) is 32.5 Å². The monoisotopic (exact) mass is 264 g/mol. The zero-order chi connectivity index (χ0) is 13.3. The molecule has 2 heterocycles. The van der Waals surface area contributed by atoms with E-state index in [9.17, 15) is 0 Å². The number of rotatable bonds is 2. The van der Waals surface area contributed by atoms with E-state index in [-0.39, 0.29) is 5.60 Å². The zero-order valence-corrected chi connectivity index (χ0v) is 11.7. The number of nitrogens with zero attached hydrogens (tertiary/aromatic N) is 1. The Bertz CT molecular complexity index is 293. The minimum atomic E-state index is -0.516. The topological polar surface area (TPSA) is 30.9 Å². The lowest BCUT2D eigenvalue weighted by Crippen LogP contribution is -2.55. The first kappa shape index (κ1) is 13.8. The summed E-state index contributed by atoms with van der Waals surface area (Å²) in [6.45, 7) is 7.52. The SMILES string of the molecule is CC1(C)COC2(CCN(C[C]3[CH][CH][CH][CH]3)CC2)OO1. The molecule has 3 rings (SSSR count). The second-order valence-electron chi connectivity index (χ2n) is 6.20. The molecular weight excluding hydrogens is 242 g/mol. The van der Waals surface area contributed by atoms with Gasteiger partial charge in [0, 0.05) is 32.5 Å². The largest absolute Gasteiger partial charge is 0.344 e. The molecule has 105 valence electrons. The quantitative estimate of drug-likeness (QED) is 0.713. The number of hydrogen-bond donors (Lipinski definition) is 0. The van der Waals surface area contributed by atoms with E-state index in [1.54, 1.807) is 0 Å². The van der Waals surface area contributed by atoms with Crippen LogP contribution in [-0.4, -0.2) is 42.5 Å². The van der Waals surface area contributed by atoms with Crippen molar-refractivity contribution in [1.29, 1.82) is 0 Å². The Kier molecular flexibility index (Phi) is 3.87. The van der Waals surface area contributed by atoms with Gasteiger partial charge in [0.15, 0.2) is 0 Å². The van der Waals surface area contributed by atoms with Crippen LogP contribution in [0.2, 0.25) is 0 Å². The smallest absolute Gasteiger partial charge is 0.204 e. The van der Waals surface area contributed by atoms with Crippen molar-refractivity contribution >= 4 is 0 Å². The highest BCUT2D eigenvalue weighted by molar-refractivity contribution is 5.36. The first-order valence-electron chi connectivity index (χ1n) is 7.01. The lowest BCUT2D eigenvalue weighted by molar-refractivity contribution is -0.511. The molecule has 4 heteroatoms. The van der Waals surface area contributed by atoms with E-state index in [1.807, 2.05) is 13.8 Å². The van der Waals surface area contributed by atoms with Crippen molar-refractivity contribution in [3.63, 3.8) is 0 Å². The molecule has 1 spiro atoms. The van der Waals surface area contributed by atoms with E-state index in [1.165, 1.54) is 5.92 Å². The van der Waals surface area contributed by atoms with Crippen LogP contribution in [-0.2, 0) is 14.5 Å². The first-order chi connectivity index (χ1) is 9.07. The minimum absolute atomic E-state index is 0.336. The molecule has 5 radical (unpaired) electrons. The third-order valence-corrected chi connectivity index (χ3v) is 3.86. The summed E-state index contributed by atoms with van der Waals surface area (Å²) in [5, 5.41) is 0. The Hall–Kier alpha value is -0.160. The molecule has 0 bridgehead atoms. The maximum absolute atomic E-state index is 5.93. The fourth-order valence-corrected chi connectivity index (χ4v) is 2.60. The summed E-state index contributed by atoms with van der Waals surface area (Å²) < 4.78 is 5.93. The molecule has 3 fully saturated rings. The highest BCUT2D eigenvalue weighted by Gasteiger charge is 2.44. The summed E-state index contributed by atoms with van der Waals surface area (Å²) in [7, 11) is 0. The van der Waals surface area contributed by atoms with Gasteiger partial charge in [0.25, 0.3) is 0 Å². The summed E-state index contributed by atoms with van der Waals surface area (Å²) in [6, 6.07) is 0. The van der Waals surface area contributed by atoms with Gasteiger partial charge in [-0.25, -0.2) is 9.78 Å². The third kappa shape index (κ3) is 3.30. The average molecular weight is 264 g/mol. The molecule has 0 aromatic rings. The van der Waals surface area contributed by atoms with E-state index in [0.29, 0.717) is 6.61 Å². The summed E-state index contributed by atoms with van der Waals surface area (Å²) in [5.41, 5.74) is -0.336. The van der Waals surface area contributed by atoms with Crippen molar-refractivity contribution in [2.45, 2.75) is 38.1 Å². The molecule has 3 aliphatic rings. The number of piperidine rings is 1. The molecule has 1 saturated carbocycles. The van der Waals surface area contributed by atoms with Crippen molar-refractivity contribution in [3.8, 4) is 0 Å². The van der Waals surface area contributed by atoms with Gasteiger partial charge in [0.2, 0.25) is 5.79 Å². The van der Waals surface area contributed by atoms with Crippen molar-refractivity contribution in [1.82, 2.24) is 4.90 Å². The van der Waals surface area contributed by atoms with Crippen LogP contribution in [0, 0.1) is 31.6 Å². The van der Waals surface area contributed by atoms with Crippen LogP contribution in [0.1, 0.15) is 26.7 Å². The predicted molar refractivity (Wildman–Crippen MR) is 71.0 cm³/mol. The molecule has 4 nitrogen and oxygen atoms in total. The Labute approximate surface area is 116 Å². The third-order valence-electron chi connectivity index (χ3n) is 3.86. The first-order valence-corrected chi connectivity index (χ1v) is 7.01. The standard InChI is InChI=1S/C15H22NO3/c1-14(2)12-17-15(19-18-14)7-9-16(10-8-15)11-13-5-3-4-6-13/h3-6H,7-12H2,1-2H3. The van der Waals surface area contributed by atoms with Crippen molar-refractivity contribution < 1.29 is 14.5 Å². The second-order valence-corrected chi connectivity index (χ2v) is 6.20. The van der Waals surface area contributed by atoms with Gasteiger partial charge in [-0.1, -0.05) is 0 Å². The maximum Gasteiger partial charge on any atom is 0.204 e. The van der Waals surface area contributed by atoms with Crippen LogP contribution < -0.4 is 0 Å². The average Bonchev–Trinajstić information content (AvgIpc) is 2.89. The van der Waals surface area contributed by atoms with Crippen LogP contribution >= 0.6 is 0 Å². The molecule has 0 atom stereocenters. The highest BCUT2D eigenvalue weighted by Crippen LogP contribution is 2.35. The summed E-state index contributed by atoms with van der Waals surface area (Å²) in [6.07, 6.45) is 10.2. The molecule has 2 aliphatic heterocycles. The Morgan fingerprint density at radius 3 is 2.37 bits per heavy atom. The molecule has 0 amide bonds. The molecule has 19 heavy (non-hydrogen) atoms. The molecule has 0 N–H and O–H groups in total. The normalized spacial score (nSPS) is 31.9. The van der Waals surface area contributed by atoms with E-state index in [2.05, 4.69) is 30.6 Å².